The molecule has 0 saturated heterocycles. The Hall–Kier alpha value is -1.51. The molecule has 2 aliphatic heterocycles. The lowest BCUT2D eigenvalue weighted by Gasteiger charge is -2.30. The average Bonchev–Trinajstić information content (AvgIpc) is 2.18. The number of aryl methyl sites for hydroxylation is 1. The molecule has 1 aromatic carbocycles. The molecule has 0 N–H and O–H groups in total. The van der Waals surface area contributed by atoms with Gasteiger partial charge in [-0.1, -0.05) is 12.1 Å². The van der Waals surface area contributed by atoms with E-state index >= 15 is 0 Å². The van der Waals surface area contributed by atoms with Crippen LogP contribution in [0.5, 0.6) is 11.5 Å². The summed E-state index contributed by atoms with van der Waals surface area (Å²) in [4.78, 5) is 11.3. The van der Waals surface area contributed by atoms with E-state index in [9.17, 15) is 4.79 Å². The fourth-order valence-electron chi connectivity index (χ4n) is 1.80. The van der Waals surface area contributed by atoms with Gasteiger partial charge in [0.1, 0.15) is 0 Å². The number of rotatable bonds is 0. The molecule has 3 heteroatoms. The largest absolute Gasteiger partial charge is 0.474 e. The summed E-state index contributed by atoms with van der Waals surface area (Å²) in [5.41, 5.74) is 1.14. The van der Waals surface area contributed by atoms with E-state index in [1.54, 1.807) is 6.07 Å². The van der Waals surface area contributed by atoms with Gasteiger partial charge in [-0.25, -0.2) is 4.79 Å². The lowest BCUT2D eigenvalue weighted by atomic mass is 10.0. The van der Waals surface area contributed by atoms with Gasteiger partial charge in [0.2, 0.25) is 0 Å². The van der Waals surface area contributed by atoms with Crippen molar-refractivity contribution >= 4 is 5.97 Å². The summed E-state index contributed by atoms with van der Waals surface area (Å²) in [6.45, 7) is 0. The third kappa shape index (κ3) is 0.869. The molecule has 0 spiro atoms. The van der Waals surface area contributed by atoms with E-state index in [2.05, 4.69) is 0 Å². The third-order valence-corrected chi connectivity index (χ3v) is 2.47. The highest BCUT2D eigenvalue weighted by Gasteiger charge is 2.34. The predicted octanol–water partition coefficient (Wildman–Crippen LogP) is 1.30. The fourth-order valence-corrected chi connectivity index (χ4v) is 1.80. The lowest BCUT2D eigenvalue weighted by Crippen LogP contribution is -2.38. The second-order valence-corrected chi connectivity index (χ2v) is 3.31. The van der Waals surface area contributed by atoms with Gasteiger partial charge in [-0.05, 0) is 24.5 Å². The fraction of sp³-hybridized carbons (Fsp3) is 0.300. The molecule has 1 atom stereocenters. The van der Waals surface area contributed by atoms with Crippen LogP contribution in [0.4, 0.5) is 0 Å². The van der Waals surface area contributed by atoms with Gasteiger partial charge in [-0.2, -0.15) is 0 Å². The SMILES string of the molecule is O=C1Oc2cccc3c2OC1CC3. The van der Waals surface area contributed by atoms with Crippen LogP contribution >= 0.6 is 0 Å². The smallest absolute Gasteiger partial charge is 0.352 e. The average molecular weight is 176 g/mol. The first kappa shape index (κ1) is 6.95. The van der Waals surface area contributed by atoms with Crippen molar-refractivity contribution < 1.29 is 14.3 Å². The van der Waals surface area contributed by atoms with Crippen LogP contribution in [-0.4, -0.2) is 12.1 Å². The predicted molar refractivity (Wildman–Crippen MR) is 44.8 cm³/mol. The maximum absolute atomic E-state index is 11.3. The highest BCUT2D eigenvalue weighted by atomic mass is 16.6. The van der Waals surface area contributed by atoms with Gasteiger partial charge in [0.25, 0.3) is 0 Å². The van der Waals surface area contributed by atoms with Crippen LogP contribution in [0.2, 0.25) is 0 Å². The minimum atomic E-state index is -0.373. The zero-order chi connectivity index (χ0) is 8.84. The van der Waals surface area contributed by atoms with E-state index in [0.717, 1.165) is 24.2 Å². The summed E-state index contributed by atoms with van der Waals surface area (Å²) in [5.74, 6) is 1.07. The summed E-state index contributed by atoms with van der Waals surface area (Å²) >= 11 is 0. The molecule has 3 nitrogen and oxygen atoms in total. The first-order valence-corrected chi connectivity index (χ1v) is 4.35. The molecule has 0 amide bonds. The molecular weight excluding hydrogens is 168 g/mol. The highest BCUT2D eigenvalue weighted by Crippen LogP contribution is 2.40. The van der Waals surface area contributed by atoms with E-state index in [1.165, 1.54) is 0 Å². The summed E-state index contributed by atoms with van der Waals surface area (Å²) in [5, 5.41) is 0. The van der Waals surface area contributed by atoms with Gasteiger partial charge in [-0.3, -0.25) is 0 Å². The molecule has 0 aliphatic carbocycles. The zero-order valence-electron chi connectivity index (χ0n) is 6.95. The maximum atomic E-state index is 11.3. The second-order valence-electron chi connectivity index (χ2n) is 3.31. The van der Waals surface area contributed by atoms with Crippen molar-refractivity contribution in [1.29, 1.82) is 0 Å². The van der Waals surface area contributed by atoms with Crippen molar-refractivity contribution in [3.05, 3.63) is 23.8 Å². The summed E-state index contributed by atoms with van der Waals surface area (Å²) in [6.07, 6.45) is 1.26. The van der Waals surface area contributed by atoms with Gasteiger partial charge in [-0.15, -0.1) is 0 Å². The molecule has 13 heavy (non-hydrogen) atoms. The van der Waals surface area contributed by atoms with Gasteiger partial charge >= 0.3 is 5.97 Å². The topological polar surface area (TPSA) is 35.5 Å². The number of hydrogen-bond acceptors (Lipinski definition) is 3. The van der Waals surface area contributed by atoms with Gasteiger partial charge < -0.3 is 9.47 Å². The second kappa shape index (κ2) is 2.25. The van der Waals surface area contributed by atoms with Crippen molar-refractivity contribution in [3.8, 4) is 11.5 Å². The van der Waals surface area contributed by atoms with E-state index < -0.39 is 0 Å². The minimum Gasteiger partial charge on any atom is -0.474 e. The first-order valence-electron chi connectivity index (χ1n) is 4.35. The van der Waals surface area contributed by atoms with E-state index in [0.29, 0.717) is 5.75 Å². The Labute approximate surface area is 75.3 Å². The summed E-state index contributed by atoms with van der Waals surface area (Å²) in [7, 11) is 0. The summed E-state index contributed by atoms with van der Waals surface area (Å²) in [6, 6.07) is 5.66. The van der Waals surface area contributed by atoms with E-state index in [1.807, 2.05) is 12.1 Å². The molecule has 1 unspecified atom stereocenters. The third-order valence-electron chi connectivity index (χ3n) is 2.47. The van der Waals surface area contributed by atoms with Crippen LogP contribution < -0.4 is 9.47 Å². The number of carbonyl (C=O) groups is 1. The molecule has 1 aromatic rings. The molecule has 0 radical (unpaired) electrons. The van der Waals surface area contributed by atoms with Crippen molar-refractivity contribution in [2.75, 3.05) is 0 Å². The molecule has 0 saturated carbocycles. The van der Waals surface area contributed by atoms with Crippen LogP contribution in [0, 0.1) is 0 Å². The van der Waals surface area contributed by atoms with E-state index in [4.69, 9.17) is 9.47 Å². The Bertz CT molecular complexity index is 384. The van der Waals surface area contributed by atoms with Crippen molar-refractivity contribution in [3.63, 3.8) is 0 Å². The normalized spacial score (nSPS) is 23.4. The Kier molecular flexibility index (Phi) is 1.20. The van der Waals surface area contributed by atoms with Gasteiger partial charge in [0.15, 0.2) is 17.6 Å². The van der Waals surface area contributed by atoms with E-state index in [-0.39, 0.29) is 12.1 Å². The number of carbonyl (C=O) groups excluding carboxylic acids is 1. The first-order chi connectivity index (χ1) is 6.34. The summed E-state index contributed by atoms with van der Waals surface area (Å²) < 4.78 is 10.6. The van der Waals surface area contributed by atoms with Crippen LogP contribution in [0.15, 0.2) is 18.2 Å². The Morgan fingerprint density at radius 3 is 3.23 bits per heavy atom. The van der Waals surface area contributed by atoms with Gasteiger partial charge in [0, 0.05) is 0 Å². The standard InChI is InChI=1S/C10H8O3/c11-10-8-5-4-6-2-1-3-7(13-10)9(6)12-8/h1-3,8H,4-5H2. The number of hydrogen-bond donors (Lipinski definition) is 0. The molecule has 2 bridgehead atoms. The molecule has 3 rings (SSSR count). The number of benzene rings is 1. The van der Waals surface area contributed by atoms with Crippen molar-refractivity contribution in [2.24, 2.45) is 0 Å². The molecule has 0 aromatic heterocycles. The molecular formula is C10H8O3. The van der Waals surface area contributed by atoms with Crippen LogP contribution in [-0.2, 0) is 11.2 Å². The molecule has 66 valence electrons. The Morgan fingerprint density at radius 1 is 1.38 bits per heavy atom. The molecule has 2 aliphatic rings. The van der Waals surface area contributed by atoms with Crippen LogP contribution in [0.1, 0.15) is 12.0 Å². The number of fused-ring (bicyclic) bond motifs is 1. The number of ether oxygens (including phenoxy) is 2. The van der Waals surface area contributed by atoms with Crippen molar-refractivity contribution in [2.45, 2.75) is 18.9 Å². The Balaban J connectivity index is 2.22. The maximum Gasteiger partial charge on any atom is 0.352 e. The zero-order valence-corrected chi connectivity index (χ0v) is 6.95. The lowest BCUT2D eigenvalue weighted by molar-refractivity contribution is -0.146. The van der Waals surface area contributed by atoms with Crippen LogP contribution in [0.25, 0.3) is 0 Å². The molecule has 2 heterocycles. The van der Waals surface area contributed by atoms with Crippen molar-refractivity contribution in [1.82, 2.24) is 0 Å². The Morgan fingerprint density at radius 2 is 2.31 bits per heavy atom. The minimum absolute atomic E-state index is 0.260. The quantitative estimate of drug-likeness (QED) is 0.441. The number of para-hydroxylation sites is 1. The molecule has 0 fully saturated rings. The highest BCUT2D eigenvalue weighted by molar-refractivity contribution is 5.81. The van der Waals surface area contributed by atoms with Crippen LogP contribution in [0.3, 0.4) is 0 Å². The van der Waals surface area contributed by atoms with Gasteiger partial charge in [0.05, 0.1) is 0 Å². The number of esters is 1. The monoisotopic (exact) mass is 176 g/mol.